The van der Waals surface area contributed by atoms with Crippen LogP contribution in [0.1, 0.15) is 23.7 Å². The molecule has 3 atom stereocenters. The molecule has 3 N–H and O–H groups in total. The molecule has 1 aromatic carbocycles. The fraction of sp³-hybridized carbons (Fsp3) is 0.312. The number of Topliss-reactive ketones (excluding diaryl/α,β-unsaturated/α-hetero) is 1. The SMILES string of the molecule is CC1C=C(O)C=CC1C1CC(=O)c2c(O)cc(O)cc2O1. The molecular formula is C16H16O5. The van der Waals surface area contributed by atoms with Crippen molar-refractivity contribution in [3.8, 4) is 17.2 Å². The third kappa shape index (κ3) is 2.35. The maximum absolute atomic E-state index is 12.2. The van der Waals surface area contributed by atoms with Crippen molar-refractivity contribution in [2.24, 2.45) is 11.8 Å². The Bertz CT molecular complexity index is 659. The normalized spacial score (nSPS) is 27.8. The molecular weight excluding hydrogens is 272 g/mol. The molecule has 0 spiro atoms. The Labute approximate surface area is 121 Å². The van der Waals surface area contributed by atoms with Gasteiger partial charge in [0.05, 0.1) is 0 Å². The fourth-order valence-electron chi connectivity index (χ4n) is 2.95. The Kier molecular flexibility index (Phi) is 3.12. The molecule has 0 bridgehead atoms. The molecule has 0 aromatic heterocycles. The lowest BCUT2D eigenvalue weighted by Crippen LogP contribution is -2.36. The third-order valence-electron chi connectivity index (χ3n) is 3.97. The van der Waals surface area contributed by atoms with E-state index < -0.39 is 0 Å². The Morgan fingerprint density at radius 3 is 2.71 bits per heavy atom. The lowest BCUT2D eigenvalue weighted by Gasteiger charge is -2.33. The molecule has 1 aliphatic heterocycles. The highest BCUT2D eigenvalue weighted by Gasteiger charge is 2.36. The van der Waals surface area contributed by atoms with Crippen molar-refractivity contribution >= 4 is 5.78 Å². The maximum Gasteiger partial charge on any atom is 0.174 e. The minimum Gasteiger partial charge on any atom is -0.508 e. The number of phenols is 2. The lowest BCUT2D eigenvalue weighted by molar-refractivity contribution is 0.0735. The van der Waals surface area contributed by atoms with E-state index in [0.29, 0.717) is 0 Å². The van der Waals surface area contributed by atoms with Gasteiger partial charge in [-0.3, -0.25) is 4.79 Å². The van der Waals surface area contributed by atoms with Crippen molar-refractivity contribution in [2.45, 2.75) is 19.4 Å². The van der Waals surface area contributed by atoms with E-state index in [1.165, 1.54) is 6.07 Å². The first-order valence-electron chi connectivity index (χ1n) is 6.80. The van der Waals surface area contributed by atoms with Gasteiger partial charge in [0, 0.05) is 24.5 Å². The second kappa shape index (κ2) is 4.84. The van der Waals surface area contributed by atoms with E-state index in [1.807, 2.05) is 13.0 Å². The predicted octanol–water partition coefficient (Wildman–Crippen LogP) is 2.70. The van der Waals surface area contributed by atoms with Gasteiger partial charge in [-0.05, 0) is 18.1 Å². The number of aromatic hydroxyl groups is 2. The third-order valence-corrected chi connectivity index (χ3v) is 3.97. The molecule has 5 heteroatoms. The minimum atomic E-state index is -0.387. The summed E-state index contributed by atoms with van der Waals surface area (Å²) in [5, 5.41) is 28.8. The van der Waals surface area contributed by atoms with Gasteiger partial charge in [0.15, 0.2) is 5.78 Å². The van der Waals surface area contributed by atoms with E-state index in [1.54, 1.807) is 12.2 Å². The van der Waals surface area contributed by atoms with Gasteiger partial charge in [-0.25, -0.2) is 0 Å². The van der Waals surface area contributed by atoms with Crippen LogP contribution >= 0.6 is 0 Å². The number of carbonyl (C=O) groups excluding carboxylic acids is 1. The van der Waals surface area contributed by atoms with E-state index >= 15 is 0 Å². The number of benzene rings is 1. The molecule has 21 heavy (non-hydrogen) atoms. The first-order chi connectivity index (χ1) is 9.95. The van der Waals surface area contributed by atoms with Crippen molar-refractivity contribution < 1.29 is 24.9 Å². The van der Waals surface area contributed by atoms with Gasteiger partial charge in [0.25, 0.3) is 0 Å². The average molecular weight is 288 g/mol. The number of aliphatic hydroxyl groups is 1. The molecule has 0 fully saturated rings. The quantitative estimate of drug-likeness (QED) is 0.739. The molecule has 0 saturated carbocycles. The number of rotatable bonds is 1. The number of allylic oxidation sites excluding steroid dienone is 2. The van der Waals surface area contributed by atoms with Gasteiger partial charge >= 0.3 is 0 Å². The highest BCUT2D eigenvalue weighted by Crippen LogP contribution is 2.40. The molecule has 0 saturated heterocycles. The van der Waals surface area contributed by atoms with Gasteiger partial charge in [-0.15, -0.1) is 0 Å². The first kappa shape index (κ1) is 13.5. The van der Waals surface area contributed by atoms with E-state index in [0.717, 1.165) is 6.07 Å². The van der Waals surface area contributed by atoms with Crippen molar-refractivity contribution in [1.82, 2.24) is 0 Å². The Morgan fingerprint density at radius 1 is 1.24 bits per heavy atom. The van der Waals surface area contributed by atoms with E-state index in [9.17, 15) is 20.1 Å². The van der Waals surface area contributed by atoms with Crippen LogP contribution in [-0.2, 0) is 0 Å². The zero-order valence-corrected chi connectivity index (χ0v) is 11.5. The van der Waals surface area contributed by atoms with E-state index in [-0.39, 0.29) is 58.7 Å². The molecule has 1 aliphatic carbocycles. The summed E-state index contributed by atoms with van der Waals surface area (Å²) >= 11 is 0. The molecule has 1 heterocycles. The highest BCUT2D eigenvalue weighted by atomic mass is 16.5. The monoisotopic (exact) mass is 288 g/mol. The van der Waals surface area contributed by atoms with Crippen LogP contribution in [0.3, 0.4) is 0 Å². The van der Waals surface area contributed by atoms with Gasteiger partial charge in [0.1, 0.15) is 34.7 Å². The number of ether oxygens (including phenoxy) is 1. The summed E-state index contributed by atoms with van der Waals surface area (Å²) in [6, 6.07) is 2.47. The standard InChI is InChI=1S/C16H16O5/c1-8-4-9(17)2-3-11(8)14-7-13(20)16-12(19)5-10(18)6-15(16)21-14/h2-6,8,11,14,17-19H,7H2,1H3. The summed E-state index contributed by atoms with van der Waals surface area (Å²) in [4.78, 5) is 12.2. The second-order valence-corrected chi connectivity index (χ2v) is 5.51. The number of aliphatic hydroxyl groups excluding tert-OH is 1. The molecule has 5 nitrogen and oxygen atoms in total. The molecule has 0 amide bonds. The largest absolute Gasteiger partial charge is 0.508 e. The van der Waals surface area contributed by atoms with Crippen molar-refractivity contribution in [3.63, 3.8) is 0 Å². The summed E-state index contributed by atoms with van der Waals surface area (Å²) < 4.78 is 5.81. The molecule has 0 radical (unpaired) electrons. The highest BCUT2D eigenvalue weighted by molar-refractivity contribution is 6.02. The number of hydrogen-bond acceptors (Lipinski definition) is 5. The van der Waals surface area contributed by atoms with Gasteiger partial charge in [-0.1, -0.05) is 13.0 Å². The Hall–Kier alpha value is -2.43. The second-order valence-electron chi connectivity index (χ2n) is 5.51. The molecule has 2 aliphatic rings. The number of phenolic OH excluding ortho intramolecular Hbond substituents is 2. The van der Waals surface area contributed by atoms with Gasteiger partial charge < -0.3 is 20.1 Å². The first-order valence-corrected chi connectivity index (χ1v) is 6.80. The van der Waals surface area contributed by atoms with Crippen molar-refractivity contribution in [1.29, 1.82) is 0 Å². The molecule has 3 rings (SSSR count). The molecule has 3 unspecified atom stereocenters. The fourth-order valence-corrected chi connectivity index (χ4v) is 2.95. The number of hydrogen-bond donors (Lipinski definition) is 3. The Morgan fingerprint density at radius 2 is 2.00 bits per heavy atom. The summed E-state index contributed by atoms with van der Waals surface area (Å²) in [6.45, 7) is 1.94. The summed E-state index contributed by atoms with van der Waals surface area (Å²) in [7, 11) is 0. The summed E-state index contributed by atoms with van der Waals surface area (Å²) in [5.41, 5.74) is 0.120. The van der Waals surface area contributed by atoms with Crippen molar-refractivity contribution in [2.75, 3.05) is 0 Å². The van der Waals surface area contributed by atoms with E-state index in [2.05, 4.69) is 0 Å². The van der Waals surface area contributed by atoms with Crippen LogP contribution in [0.15, 0.2) is 36.1 Å². The number of ketones is 1. The summed E-state index contributed by atoms with van der Waals surface area (Å²) in [5.74, 6) is -0.242. The zero-order chi connectivity index (χ0) is 15.1. The number of carbonyl (C=O) groups is 1. The maximum atomic E-state index is 12.2. The van der Waals surface area contributed by atoms with Crippen LogP contribution in [-0.4, -0.2) is 27.2 Å². The average Bonchev–Trinajstić information content (AvgIpc) is 2.36. The van der Waals surface area contributed by atoms with Crippen LogP contribution < -0.4 is 4.74 Å². The van der Waals surface area contributed by atoms with Crippen LogP contribution in [0.4, 0.5) is 0 Å². The van der Waals surface area contributed by atoms with Crippen LogP contribution in [0.2, 0.25) is 0 Å². The topological polar surface area (TPSA) is 87.0 Å². The number of fused-ring (bicyclic) bond motifs is 1. The predicted molar refractivity (Wildman–Crippen MR) is 75.6 cm³/mol. The smallest absolute Gasteiger partial charge is 0.174 e. The van der Waals surface area contributed by atoms with Gasteiger partial charge in [0.2, 0.25) is 0 Å². The van der Waals surface area contributed by atoms with Crippen LogP contribution in [0.25, 0.3) is 0 Å². The van der Waals surface area contributed by atoms with Crippen LogP contribution in [0, 0.1) is 11.8 Å². The van der Waals surface area contributed by atoms with Crippen molar-refractivity contribution in [3.05, 3.63) is 41.7 Å². The lowest BCUT2D eigenvalue weighted by atomic mass is 9.81. The van der Waals surface area contributed by atoms with E-state index in [4.69, 9.17) is 4.74 Å². The van der Waals surface area contributed by atoms with Crippen LogP contribution in [0.5, 0.6) is 17.2 Å². The molecule has 110 valence electrons. The summed E-state index contributed by atoms with van der Waals surface area (Å²) in [6.07, 6.45) is 4.90. The Balaban J connectivity index is 1.92. The van der Waals surface area contributed by atoms with Gasteiger partial charge in [-0.2, -0.15) is 0 Å². The minimum absolute atomic E-state index is 0.0280. The zero-order valence-electron chi connectivity index (χ0n) is 11.5. The molecule has 1 aromatic rings.